The van der Waals surface area contributed by atoms with Gasteiger partial charge in [0, 0.05) is 19.0 Å². The van der Waals surface area contributed by atoms with Gasteiger partial charge in [-0.25, -0.2) is 14.5 Å². The molecule has 2 saturated heterocycles. The fraction of sp³-hybridized carbons (Fsp3) is 0.633. The van der Waals surface area contributed by atoms with Crippen molar-refractivity contribution >= 4 is 28.4 Å². The molecule has 0 bridgehead atoms. The summed E-state index contributed by atoms with van der Waals surface area (Å²) < 4.78 is 6.96. The molecule has 37 heavy (non-hydrogen) atoms. The van der Waals surface area contributed by atoms with E-state index in [0.717, 1.165) is 65.9 Å². The number of anilines is 1. The van der Waals surface area contributed by atoms with Crippen molar-refractivity contribution in [2.24, 2.45) is 11.8 Å². The molecule has 7 heteroatoms. The summed E-state index contributed by atoms with van der Waals surface area (Å²) in [7, 11) is 1.42. The van der Waals surface area contributed by atoms with Crippen LogP contribution in [0.5, 0.6) is 0 Å². The van der Waals surface area contributed by atoms with E-state index in [2.05, 4.69) is 23.3 Å². The smallest absolute Gasteiger partial charge is 0.356 e. The Morgan fingerprint density at radius 2 is 1.86 bits per heavy atom. The van der Waals surface area contributed by atoms with Crippen molar-refractivity contribution in [2.45, 2.75) is 71.1 Å². The van der Waals surface area contributed by atoms with Crippen molar-refractivity contribution < 1.29 is 9.53 Å². The zero-order valence-electron chi connectivity index (χ0n) is 22.9. The number of nitrogens with zero attached hydrogens (tertiary/aromatic N) is 5. The lowest BCUT2D eigenvalue weighted by molar-refractivity contribution is 0.0594. The third-order valence-electron chi connectivity index (χ3n) is 8.96. The number of pyridine rings is 1. The molecule has 2 aromatic heterocycles. The number of carbonyl (C=O) groups is 1. The highest BCUT2D eigenvalue weighted by Crippen LogP contribution is 2.43. The Kier molecular flexibility index (Phi) is 7.98. The highest BCUT2D eigenvalue weighted by molar-refractivity contribution is 5.99. The second-order valence-electron chi connectivity index (χ2n) is 11.3. The van der Waals surface area contributed by atoms with Crippen LogP contribution in [0.4, 0.5) is 5.69 Å². The summed E-state index contributed by atoms with van der Waals surface area (Å²) in [4.78, 5) is 22.6. The zero-order chi connectivity index (χ0) is 25.9. The van der Waals surface area contributed by atoms with E-state index >= 15 is 0 Å². The Hall–Kier alpha value is -2.67. The maximum absolute atomic E-state index is 12.7. The number of hydrogen-bond acceptors (Lipinski definition) is 6. The summed E-state index contributed by atoms with van der Waals surface area (Å²) in [6.07, 6.45) is 13.7. The minimum absolute atomic E-state index is 0.340. The van der Waals surface area contributed by atoms with Crippen LogP contribution in [-0.2, 0) is 4.74 Å². The number of rotatable bonds is 8. The minimum Gasteiger partial charge on any atom is -0.464 e. The number of fused-ring (bicyclic) bond motifs is 1. The number of likely N-dealkylation sites (tertiary alicyclic amines) is 1. The van der Waals surface area contributed by atoms with Crippen molar-refractivity contribution in [1.29, 1.82) is 0 Å². The first-order valence-electron chi connectivity index (χ1n) is 14.3. The van der Waals surface area contributed by atoms with Gasteiger partial charge in [-0.05, 0) is 95.5 Å². The van der Waals surface area contributed by atoms with Crippen LogP contribution in [0.15, 0.2) is 24.8 Å². The van der Waals surface area contributed by atoms with Crippen LogP contribution in [0.25, 0.3) is 16.7 Å². The Morgan fingerprint density at radius 3 is 2.46 bits per heavy atom. The first-order valence-corrected chi connectivity index (χ1v) is 14.3. The molecular formula is C30H43N5O2. The lowest BCUT2D eigenvalue weighted by Crippen LogP contribution is -2.37. The predicted molar refractivity (Wildman–Crippen MR) is 150 cm³/mol. The number of aromatic nitrogens is 3. The van der Waals surface area contributed by atoms with E-state index in [1.54, 1.807) is 6.08 Å². The Morgan fingerprint density at radius 1 is 1.14 bits per heavy atom. The van der Waals surface area contributed by atoms with E-state index in [-0.39, 0.29) is 0 Å². The van der Waals surface area contributed by atoms with Crippen molar-refractivity contribution in [3.05, 3.63) is 36.2 Å². The molecule has 1 saturated carbocycles. The monoisotopic (exact) mass is 505 g/mol. The molecule has 4 heterocycles. The molecule has 2 aliphatic heterocycles. The molecule has 2 aromatic rings. The van der Waals surface area contributed by atoms with Gasteiger partial charge < -0.3 is 14.5 Å². The van der Waals surface area contributed by atoms with Crippen LogP contribution < -0.4 is 4.90 Å². The number of carbonyl (C=O) groups excluding carboxylic acids is 1. The average Bonchev–Trinajstić information content (AvgIpc) is 3.26. The van der Waals surface area contributed by atoms with Gasteiger partial charge in [-0.2, -0.15) is 5.10 Å². The van der Waals surface area contributed by atoms with E-state index in [1.165, 1.54) is 65.3 Å². The van der Waals surface area contributed by atoms with Gasteiger partial charge in [0.1, 0.15) is 0 Å². The van der Waals surface area contributed by atoms with Crippen LogP contribution in [0.2, 0.25) is 0 Å². The first-order chi connectivity index (χ1) is 18.0. The van der Waals surface area contributed by atoms with Gasteiger partial charge in [-0.15, -0.1) is 0 Å². The minimum atomic E-state index is -0.410. The molecule has 7 nitrogen and oxygen atoms in total. The Bertz CT molecular complexity index is 1150. The lowest BCUT2D eigenvalue weighted by atomic mass is 9.81. The molecule has 5 rings (SSSR count). The fourth-order valence-corrected chi connectivity index (χ4v) is 6.17. The highest BCUT2D eigenvalue weighted by atomic mass is 16.5. The number of piperidine rings is 2. The van der Waals surface area contributed by atoms with Gasteiger partial charge in [0.2, 0.25) is 0 Å². The topological polar surface area (TPSA) is 63.5 Å². The summed E-state index contributed by atoms with van der Waals surface area (Å²) >= 11 is 0. The summed E-state index contributed by atoms with van der Waals surface area (Å²) in [6, 6.07) is 1.95. The van der Waals surface area contributed by atoms with E-state index in [0.29, 0.717) is 11.6 Å². The van der Waals surface area contributed by atoms with E-state index in [9.17, 15) is 4.79 Å². The van der Waals surface area contributed by atoms with Gasteiger partial charge in [-0.1, -0.05) is 26.0 Å². The number of hydrogen-bond donors (Lipinski definition) is 0. The van der Waals surface area contributed by atoms with Crippen LogP contribution in [0, 0.1) is 11.8 Å². The van der Waals surface area contributed by atoms with E-state index in [4.69, 9.17) is 14.8 Å². The number of allylic oxidation sites excluding steroid dienone is 3. The quantitative estimate of drug-likeness (QED) is 0.330. The second kappa shape index (κ2) is 11.4. The number of esters is 1. The highest BCUT2D eigenvalue weighted by Gasteiger charge is 2.31. The molecule has 0 radical (unpaired) electrons. The van der Waals surface area contributed by atoms with Crippen molar-refractivity contribution in [1.82, 2.24) is 19.7 Å². The third kappa shape index (κ3) is 5.33. The summed E-state index contributed by atoms with van der Waals surface area (Å²) in [5.74, 6) is 1.68. The molecule has 3 fully saturated rings. The summed E-state index contributed by atoms with van der Waals surface area (Å²) in [6.45, 7) is 14.1. The normalized spacial score (nSPS) is 20.8. The van der Waals surface area contributed by atoms with Crippen molar-refractivity contribution in [3.63, 3.8) is 0 Å². The molecule has 0 aromatic carbocycles. The lowest BCUT2D eigenvalue weighted by Gasteiger charge is -2.36. The molecule has 0 atom stereocenters. The van der Waals surface area contributed by atoms with Gasteiger partial charge >= 0.3 is 5.97 Å². The third-order valence-corrected chi connectivity index (χ3v) is 8.96. The number of ether oxygens (including phenoxy) is 1. The number of methoxy groups -OCH3 is 1. The zero-order valence-corrected chi connectivity index (χ0v) is 22.9. The van der Waals surface area contributed by atoms with Crippen molar-refractivity contribution in [3.8, 4) is 0 Å². The fourth-order valence-electron chi connectivity index (χ4n) is 6.17. The average molecular weight is 506 g/mol. The van der Waals surface area contributed by atoms with Gasteiger partial charge in [-0.3, -0.25) is 0 Å². The van der Waals surface area contributed by atoms with Gasteiger partial charge in [0.25, 0.3) is 0 Å². The molecule has 0 amide bonds. The summed E-state index contributed by atoms with van der Waals surface area (Å²) in [5, 5.41) is 6.16. The van der Waals surface area contributed by atoms with Crippen LogP contribution in [-0.4, -0.2) is 65.5 Å². The molecular weight excluding hydrogens is 462 g/mol. The van der Waals surface area contributed by atoms with E-state index in [1.807, 2.05) is 23.7 Å². The molecule has 0 unspecified atom stereocenters. The molecule has 200 valence electrons. The SMILES string of the molecule is C=C/C(=C\C)n1nc(C2CCC2)c2c(N3CCC(CCN4CCC(C)CC4)CC3)cc(C(=O)OC)nc21. The van der Waals surface area contributed by atoms with Crippen LogP contribution >= 0.6 is 0 Å². The second-order valence-corrected chi connectivity index (χ2v) is 11.3. The summed E-state index contributed by atoms with van der Waals surface area (Å²) in [5.41, 5.74) is 4.15. The van der Waals surface area contributed by atoms with E-state index < -0.39 is 5.97 Å². The van der Waals surface area contributed by atoms with Gasteiger partial charge in [0.15, 0.2) is 11.3 Å². The predicted octanol–water partition coefficient (Wildman–Crippen LogP) is 5.87. The molecule has 0 spiro atoms. The van der Waals surface area contributed by atoms with Crippen LogP contribution in [0.3, 0.4) is 0 Å². The molecule has 0 N–H and O–H groups in total. The molecule has 3 aliphatic rings. The van der Waals surface area contributed by atoms with Gasteiger partial charge in [0.05, 0.1) is 29.6 Å². The Labute approximate surface area is 221 Å². The largest absolute Gasteiger partial charge is 0.464 e. The van der Waals surface area contributed by atoms with Crippen LogP contribution in [0.1, 0.15) is 87.3 Å². The maximum atomic E-state index is 12.7. The first kappa shape index (κ1) is 26.0. The standard InChI is InChI=1S/C30H43N5O2/c1-5-24(6-2)35-29-27(28(32-35)23-8-7-9-23)26(20-25(31-29)30(36)37-4)34-18-13-22(14-19-34)12-17-33-15-10-21(3)11-16-33/h5-6,20-23H,1,7-19H2,2-4H3/b24-6+. The Balaban J connectivity index is 1.42. The maximum Gasteiger partial charge on any atom is 0.356 e. The van der Waals surface area contributed by atoms with Crippen molar-refractivity contribution in [2.75, 3.05) is 44.7 Å². The molecule has 1 aliphatic carbocycles.